The molecule has 1 aliphatic heterocycles. The molecule has 2 aliphatic rings. The number of fused-ring (bicyclic) bond motifs is 1. The van der Waals surface area contributed by atoms with Crippen molar-refractivity contribution in [2.24, 2.45) is 11.7 Å². The summed E-state index contributed by atoms with van der Waals surface area (Å²) in [5.41, 5.74) is 6.56. The zero-order valence-corrected chi connectivity index (χ0v) is 22.7. The van der Waals surface area contributed by atoms with Gasteiger partial charge in [-0.1, -0.05) is 23.2 Å². The summed E-state index contributed by atoms with van der Waals surface area (Å²) in [6.07, 6.45) is 4.60. The molecule has 3 heterocycles. The fourth-order valence-electron chi connectivity index (χ4n) is 5.56. The third kappa shape index (κ3) is 5.53. The quantitative estimate of drug-likeness (QED) is 0.312. The van der Waals surface area contributed by atoms with Crippen molar-refractivity contribution in [3.8, 4) is 0 Å². The van der Waals surface area contributed by atoms with Crippen LogP contribution in [0.15, 0.2) is 18.3 Å². The molecule has 5 rings (SSSR count). The van der Waals surface area contributed by atoms with Gasteiger partial charge < -0.3 is 26.4 Å². The van der Waals surface area contributed by atoms with Gasteiger partial charge >= 0.3 is 6.09 Å². The van der Waals surface area contributed by atoms with Crippen LogP contribution in [-0.2, 0) is 4.79 Å². The van der Waals surface area contributed by atoms with Crippen LogP contribution < -0.4 is 16.4 Å². The van der Waals surface area contributed by atoms with Crippen LogP contribution in [-0.4, -0.2) is 60.2 Å². The number of anilines is 3. The lowest BCUT2D eigenvalue weighted by atomic mass is 9.85. The van der Waals surface area contributed by atoms with Gasteiger partial charge in [-0.2, -0.15) is 4.98 Å². The van der Waals surface area contributed by atoms with Crippen LogP contribution in [0.5, 0.6) is 0 Å². The van der Waals surface area contributed by atoms with E-state index in [1.807, 2.05) is 11.5 Å². The first kappa shape index (κ1) is 27.2. The molecule has 1 saturated carbocycles. The molecule has 1 aromatic carbocycles. The van der Waals surface area contributed by atoms with E-state index < -0.39 is 11.9 Å². The minimum Gasteiger partial charge on any atom is -0.465 e. The minimum atomic E-state index is -0.959. The molecule has 208 valence electrons. The van der Waals surface area contributed by atoms with Gasteiger partial charge in [-0.3, -0.25) is 9.36 Å². The number of carbonyl (C=O) groups is 2. The predicted molar refractivity (Wildman–Crippen MR) is 146 cm³/mol. The number of hydrogen-bond donors (Lipinski definition) is 4. The molecule has 2 atom stereocenters. The number of carboxylic acid groups (broad SMARTS) is 1. The highest BCUT2D eigenvalue weighted by molar-refractivity contribution is 6.36. The zero-order valence-electron chi connectivity index (χ0n) is 21.2. The monoisotopic (exact) mass is 578 g/mol. The van der Waals surface area contributed by atoms with Crippen LogP contribution in [0.1, 0.15) is 51.5 Å². The van der Waals surface area contributed by atoms with Gasteiger partial charge in [-0.05, 0) is 57.6 Å². The van der Waals surface area contributed by atoms with Crippen LogP contribution in [0, 0.1) is 11.7 Å². The molecule has 2 unspecified atom stereocenters. The van der Waals surface area contributed by atoms with Gasteiger partial charge in [0, 0.05) is 29.6 Å². The summed E-state index contributed by atoms with van der Waals surface area (Å²) in [6.45, 7) is 2.34. The average Bonchev–Trinajstić information content (AvgIpc) is 3.24. The lowest BCUT2D eigenvalue weighted by Crippen LogP contribution is -2.51. The molecule has 0 radical (unpaired) electrons. The summed E-state index contributed by atoms with van der Waals surface area (Å²) < 4.78 is 16.7. The van der Waals surface area contributed by atoms with Gasteiger partial charge in [-0.15, -0.1) is 0 Å². The number of piperidine rings is 1. The maximum atomic E-state index is 14.8. The van der Waals surface area contributed by atoms with E-state index in [2.05, 4.69) is 20.6 Å². The Morgan fingerprint density at radius 1 is 1.15 bits per heavy atom. The Morgan fingerprint density at radius 3 is 2.56 bits per heavy atom. The van der Waals surface area contributed by atoms with Crippen molar-refractivity contribution in [3.63, 3.8) is 0 Å². The first-order valence-corrected chi connectivity index (χ1v) is 13.6. The minimum absolute atomic E-state index is 0.0274. The number of amides is 2. The Morgan fingerprint density at radius 2 is 1.90 bits per heavy atom. The molecule has 11 nitrogen and oxygen atoms in total. The number of nitrogens with one attached hydrogen (secondary N) is 2. The molecule has 0 spiro atoms. The van der Waals surface area contributed by atoms with Gasteiger partial charge in [0.15, 0.2) is 5.65 Å². The fraction of sp³-hybridized carbons (Fsp3) is 0.480. The number of rotatable bonds is 6. The average molecular weight is 579 g/mol. The van der Waals surface area contributed by atoms with Gasteiger partial charge in [0.1, 0.15) is 11.3 Å². The van der Waals surface area contributed by atoms with Crippen LogP contribution in [0.3, 0.4) is 0 Å². The Kier molecular flexibility index (Phi) is 7.68. The van der Waals surface area contributed by atoms with Crippen molar-refractivity contribution in [1.82, 2.24) is 24.4 Å². The largest absolute Gasteiger partial charge is 0.465 e. The fourth-order valence-corrected chi connectivity index (χ4v) is 6.07. The van der Waals surface area contributed by atoms with E-state index >= 15 is 0 Å². The van der Waals surface area contributed by atoms with Crippen molar-refractivity contribution in [3.05, 3.63) is 34.2 Å². The highest BCUT2D eigenvalue weighted by Crippen LogP contribution is 2.38. The Bertz CT molecular complexity index is 1390. The van der Waals surface area contributed by atoms with Gasteiger partial charge in [0.2, 0.25) is 17.8 Å². The number of primary amides is 1. The molecule has 2 amide bonds. The van der Waals surface area contributed by atoms with E-state index in [9.17, 15) is 19.1 Å². The second kappa shape index (κ2) is 11.0. The number of imidazole rings is 1. The molecule has 1 aliphatic carbocycles. The van der Waals surface area contributed by atoms with Crippen LogP contribution in [0.2, 0.25) is 10.0 Å². The topological polar surface area (TPSA) is 151 Å². The van der Waals surface area contributed by atoms with Gasteiger partial charge in [0.25, 0.3) is 0 Å². The first-order chi connectivity index (χ1) is 18.6. The Labute approximate surface area is 233 Å². The van der Waals surface area contributed by atoms with E-state index in [1.54, 1.807) is 6.20 Å². The van der Waals surface area contributed by atoms with E-state index in [1.165, 1.54) is 11.0 Å². The van der Waals surface area contributed by atoms with Crippen molar-refractivity contribution in [1.29, 1.82) is 0 Å². The Hall–Kier alpha value is -3.38. The summed E-state index contributed by atoms with van der Waals surface area (Å²) >= 11 is 12.2. The SMILES string of the molecule is CC1C(Nc2ncc3nc(Nc4c(F)cc(Cl)cc4Cl)n(C4CCC(C(N)=O)CC4)c3n2)CCCN1C(=O)O. The van der Waals surface area contributed by atoms with E-state index in [0.717, 1.165) is 18.9 Å². The number of hydrogen-bond acceptors (Lipinski definition) is 7. The maximum Gasteiger partial charge on any atom is 0.407 e. The van der Waals surface area contributed by atoms with Crippen LogP contribution in [0.25, 0.3) is 11.2 Å². The smallest absolute Gasteiger partial charge is 0.407 e. The summed E-state index contributed by atoms with van der Waals surface area (Å²) in [7, 11) is 0. The summed E-state index contributed by atoms with van der Waals surface area (Å²) in [5.74, 6) is -0.493. The van der Waals surface area contributed by atoms with E-state index in [0.29, 0.717) is 55.3 Å². The zero-order chi connectivity index (χ0) is 27.8. The standard InChI is InChI=1S/C25H29Cl2FN8O3/c1-12-18(3-2-8-35(12)25(38)39)31-23-30-11-19-22(34-23)36(15-6-4-13(5-7-15)21(29)37)24(32-19)33-20-16(27)9-14(26)10-17(20)28/h9-13,15,18H,2-8H2,1H3,(H2,29,37)(H,32,33)(H,38,39)(H,30,31,34). The van der Waals surface area contributed by atoms with Gasteiger partial charge in [-0.25, -0.2) is 19.2 Å². The lowest BCUT2D eigenvalue weighted by Gasteiger charge is -2.37. The molecule has 0 bridgehead atoms. The highest BCUT2D eigenvalue weighted by atomic mass is 35.5. The van der Waals surface area contributed by atoms with Crippen molar-refractivity contribution >= 4 is 64.0 Å². The summed E-state index contributed by atoms with van der Waals surface area (Å²) in [6, 6.07) is 2.06. The van der Waals surface area contributed by atoms with Gasteiger partial charge in [0.05, 0.1) is 22.9 Å². The highest BCUT2D eigenvalue weighted by Gasteiger charge is 2.32. The first-order valence-electron chi connectivity index (χ1n) is 12.8. The van der Waals surface area contributed by atoms with Crippen LogP contribution >= 0.6 is 23.2 Å². The molecule has 2 aromatic heterocycles. The summed E-state index contributed by atoms with van der Waals surface area (Å²) in [4.78, 5) is 38.6. The summed E-state index contributed by atoms with van der Waals surface area (Å²) in [5, 5.41) is 16.1. The number of benzene rings is 1. The number of nitrogens with zero attached hydrogens (tertiary/aromatic N) is 5. The molecule has 5 N–H and O–H groups in total. The third-order valence-corrected chi connectivity index (χ3v) is 8.21. The molecular weight excluding hydrogens is 550 g/mol. The molecule has 1 saturated heterocycles. The maximum absolute atomic E-state index is 14.8. The molecule has 3 aromatic rings. The number of likely N-dealkylation sites (tertiary alicyclic amines) is 1. The third-order valence-electron chi connectivity index (χ3n) is 7.69. The Balaban J connectivity index is 1.51. The lowest BCUT2D eigenvalue weighted by molar-refractivity contribution is -0.122. The normalized spacial score (nSPS) is 23.5. The second-order valence-corrected chi connectivity index (χ2v) is 10.9. The van der Waals surface area contributed by atoms with Crippen LogP contribution in [0.4, 0.5) is 26.8 Å². The molecular formula is C25H29Cl2FN8O3. The van der Waals surface area contributed by atoms with Crippen molar-refractivity contribution in [2.75, 3.05) is 17.2 Å². The molecule has 14 heteroatoms. The van der Waals surface area contributed by atoms with Crippen molar-refractivity contribution in [2.45, 2.75) is 63.6 Å². The van der Waals surface area contributed by atoms with E-state index in [4.69, 9.17) is 33.9 Å². The predicted octanol–water partition coefficient (Wildman–Crippen LogP) is 5.18. The number of halogens is 3. The number of aromatic nitrogens is 4. The van der Waals surface area contributed by atoms with E-state index in [-0.39, 0.29) is 45.7 Å². The second-order valence-electron chi connectivity index (χ2n) is 10.1. The number of nitrogens with two attached hydrogens (primary N) is 1. The number of carbonyl (C=O) groups excluding carboxylic acids is 1. The van der Waals surface area contributed by atoms with Crippen molar-refractivity contribution < 1.29 is 19.1 Å². The molecule has 2 fully saturated rings. The molecule has 39 heavy (non-hydrogen) atoms.